The fourth-order valence-electron chi connectivity index (χ4n) is 0.781. The van der Waals surface area contributed by atoms with Crippen molar-refractivity contribution < 1.29 is 9.53 Å². The number of cyclic esters (lactones) is 1. The lowest BCUT2D eigenvalue weighted by Gasteiger charge is -2.12. The zero-order valence-corrected chi connectivity index (χ0v) is 9.20. The van der Waals surface area contributed by atoms with Gasteiger partial charge in [-0.2, -0.15) is 0 Å². The normalized spacial score (nSPS) is 15.2. The summed E-state index contributed by atoms with van der Waals surface area (Å²) in [6.45, 7) is 0.419. The Labute approximate surface area is 87.1 Å². The van der Waals surface area contributed by atoms with Crippen LogP contribution < -0.4 is 0 Å². The van der Waals surface area contributed by atoms with E-state index >= 15 is 0 Å². The fraction of sp³-hybridized carbons (Fsp3) is 0.500. The van der Waals surface area contributed by atoms with Crippen molar-refractivity contribution >= 4 is 34.3 Å². The SMILES string of the molecule is CN(C)C(=S)SCC1=CC(=O)OC1. The summed E-state index contributed by atoms with van der Waals surface area (Å²) in [5.74, 6) is 0.495. The first-order chi connectivity index (χ1) is 6.09. The molecule has 3 nitrogen and oxygen atoms in total. The minimum Gasteiger partial charge on any atom is -0.458 e. The maximum Gasteiger partial charge on any atom is 0.331 e. The summed E-state index contributed by atoms with van der Waals surface area (Å²) in [6.07, 6.45) is 1.53. The van der Waals surface area contributed by atoms with E-state index in [0.717, 1.165) is 15.6 Å². The highest BCUT2D eigenvalue weighted by Gasteiger charge is 2.13. The van der Waals surface area contributed by atoms with Crippen LogP contribution in [0.15, 0.2) is 11.6 Å². The smallest absolute Gasteiger partial charge is 0.331 e. The number of hydrogen-bond acceptors (Lipinski definition) is 4. The van der Waals surface area contributed by atoms with Crippen molar-refractivity contribution in [2.75, 3.05) is 26.5 Å². The largest absolute Gasteiger partial charge is 0.458 e. The van der Waals surface area contributed by atoms with Crippen LogP contribution in [0.5, 0.6) is 0 Å². The van der Waals surface area contributed by atoms with Gasteiger partial charge in [-0.3, -0.25) is 0 Å². The molecule has 1 rings (SSSR count). The van der Waals surface area contributed by atoms with Gasteiger partial charge in [0, 0.05) is 25.9 Å². The van der Waals surface area contributed by atoms with Crippen LogP contribution in [-0.2, 0) is 9.53 Å². The molecule has 5 heteroatoms. The highest BCUT2D eigenvalue weighted by molar-refractivity contribution is 8.23. The highest BCUT2D eigenvalue weighted by Crippen LogP contribution is 2.15. The molecule has 0 aromatic heterocycles. The Hall–Kier alpha value is -0.550. The molecule has 0 atom stereocenters. The molecule has 0 bridgehead atoms. The topological polar surface area (TPSA) is 29.5 Å². The van der Waals surface area contributed by atoms with Gasteiger partial charge in [-0.15, -0.1) is 0 Å². The zero-order chi connectivity index (χ0) is 9.84. The van der Waals surface area contributed by atoms with E-state index in [1.54, 1.807) is 11.8 Å². The molecule has 0 aromatic rings. The highest BCUT2D eigenvalue weighted by atomic mass is 32.2. The van der Waals surface area contributed by atoms with Crippen LogP contribution in [0.2, 0.25) is 0 Å². The second kappa shape index (κ2) is 4.62. The molecule has 72 valence electrons. The summed E-state index contributed by atoms with van der Waals surface area (Å²) in [5, 5.41) is 0. The van der Waals surface area contributed by atoms with Crippen LogP contribution >= 0.6 is 24.0 Å². The summed E-state index contributed by atoms with van der Waals surface area (Å²) in [5.41, 5.74) is 0.999. The summed E-state index contributed by atoms with van der Waals surface area (Å²) in [7, 11) is 3.81. The Morgan fingerprint density at radius 1 is 1.77 bits per heavy atom. The van der Waals surface area contributed by atoms with E-state index in [-0.39, 0.29) is 5.97 Å². The van der Waals surface area contributed by atoms with Gasteiger partial charge >= 0.3 is 5.97 Å². The van der Waals surface area contributed by atoms with Gasteiger partial charge in [-0.05, 0) is 5.57 Å². The molecule has 0 unspecified atom stereocenters. The second-order valence-electron chi connectivity index (χ2n) is 2.86. The van der Waals surface area contributed by atoms with Gasteiger partial charge in [0.2, 0.25) is 0 Å². The molecular weight excluding hydrogens is 206 g/mol. The zero-order valence-electron chi connectivity index (χ0n) is 7.57. The van der Waals surface area contributed by atoms with Gasteiger partial charge < -0.3 is 9.64 Å². The third-order valence-electron chi connectivity index (χ3n) is 1.47. The number of esters is 1. The summed E-state index contributed by atoms with van der Waals surface area (Å²) >= 11 is 6.62. The number of carbonyl (C=O) groups excluding carboxylic acids is 1. The number of nitrogens with zero attached hydrogens (tertiary/aromatic N) is 1. The molecule has 0 saturated carbocycles. The Morgan fingerprint density at radius 2 is 2.46 bits per heavy atom. The first-order valence-corrected chi connectivity index (χ1v) is 5.19. The van der Waals surface area contributed by atoms with E-state index in [2.05, 4.69) is 0 Å². The van der Waals surface area contributed by atoms with Crippen LogP contribution in [0.4, 0.5) is 0 Å². The van der Waals surface area contributed by atoms with Crippen molar-refractivity contribution in [2.45, 2.75) is 0 Å². The van der Waals surface area contributed by atoms with Gasteiger partial charge in [0.1, 0.15) is 10.9 Å². The minimum atomic E-state index is -0.244. The van der Waals surface area contributed by atoms with Crippen molar-refractivity contribution in [3.05, 3.63) is 11.6 Å². The maximum atomic E-state index is 10.7. The Bertz CT molecular complexity index is 261. The van der Waals surface area contributed by atoms with Crippen LogP contribution in [0, 0.1) is 0 Å². The van der Waals surface area contributed by atoms with Gasteiger partial charge in [-0.1, -0.05) is 24.0 Å². The lowest BCUT2D eigenvalue weighted by molar-refractivity contribution is -0.134. The van der Waals surface area contributed by atoms with E-state index in [9.17, 15) is 4.79 Å². The van der Waals surface area contributed by atoms with Crippen molar-refractivity contribution in [1.82, 2.24) is 4.90 Å². The average Bonchev–Trinajstić information content (AvgIpc) is 2.47. The number of rotatable bonds is 2. The first-order valence-electron chi connectivity index (χ1n) is 3.80. The molecule has 0 aromatic carbocycles. The Morgan fingerprint density at radius 3 is 2.92 bits per heavy atom. The Balaban J connectivity index is 2.31. The van der Waals surface area contributed by atoms with Crippen LogP contribution in [-0.4, -0.2) is 41.6 Å². The standard InChI is InChI=1S/C8H11NO2S2/c1-9(2)8(12)13-5-6-3-7(10)11-4-6/h3H,4-5H2,1-2H3. The molecule has 0 spiro atoms. The number of ether oxygens (including phenoxy) is 1. The van der Waals surface area contributed by atoms with E-state index < -0.39 is 0 Å². The molecule has 0 fully saturated rings. The van der Waals surface area contributed by atoms with Crippen LogP contribution in [0.3, 0.4) is 0 Å². The monoisotopic (exact) mass is 217 g/mol. The molecular formula is C8H11NO2S2. The van der Waals surface area contributed by atoms with Crippen LogP contribution in [0.1, 0.15) is 0 Å². The summed E-state index contributed by atoms with van der Waals surface area (Å²) < 4.78 is 5.58. The fourth-order valence-corrected chi connectivity index (χ4v) is 1.69. The van der Waals surface area contributed by atoms with Gasteiger partial charge in [-0.25, -0.2) is 4.79 Å². The molecule has 1 aliphatic heterocycles. The van der Waals surface area contributed by atoms with Crippen LogP contribution in [0.25, 0.3) is 0 Å². The van der Waals surface area contributed by atoms with E-state index in [0.29, 0.717) is 6.61 Å². The predicted octanol–water partition coefficient (Wildman–Crippen LogP) is 1.05. The molecule has 1 heterocycles. The third-order valence-corrected chi connectivity index (χ3v) is 3.31. The summed E-state index contributed by atoms with van der Waals surface area (Å²) in [4.78, 5) is 12.6. The third kappa shape index (κ3) is 3.36. The first kappa shape index (κ1) is 10.5. The molecule has 1 aliphatic rings. The average molecular weight is 217 g/mol. The number of carbonyl (C=O) groups is 1. The molecule has 0 aliphatic carbocycles. The molecule has 0 amide bonds. The van der Waals surface area contributed by atoms with E-state index in [1.807, 2.05) is 19.0 Å². The van der Waals surface area contributed by atoms with E-state index in [4.69, 9.17) is 17.0 Å². The van der Waals surface area contributed by atoms with Crippen molar-refractivity contribution in [3.63, 3.8) is 0 Å². The summed E-state index contributed by atoms with van der Waals surface area (Å²) in [6, 6.07) is 0. The minimum absolute atomic E-state index is 0.244. The van der Waals surface area contributed by atoms with Crippen molar-refractivity contribution in [1.29, 1.82) is 0 Å². The predicted molar refractivity (Wildman–Crippen MR) is 57.8 cm³/mol. The van der Waals surface area contributed by atoms with E-state index in [1.165, 1.54) is 6.08 Å². The van der Waals surface area contributed by atoms with Gasteiger partial charge in [0.05, 0.1) is 0 Å². The molecule has 0 saturated heterocycles. The maximum absolute atomic E-state index is 10.7. The quantitative estimate of drug-likeness (QED) is 0.509. The Kier molecular flexibility index (Phi) is 3.74. The number of hydrogen-bond donors (Lipinski definition) is 0. The lowest BCUT2D eigenvalue weighted by atomic mass is 10.3. The molecule has 0 radical (unpaired) electrons. The second-order valence-corrected chi connectivity index (χ2v) is 4.47. The number of thiocarbonyl (C=S) groups is 1. The molecule has 0 N–H and O–H groups in total. The van der Waals surface area contributed by atoms with Crippen molar-refractivity contribution in [3.8, 4) is 0 Å². The lowest BCUT2D eigenvalue weighted by Crippen LogP contribution is -2.16. The molecule has 13 heavy (non-hydrogen) atoms. The van der Waals surface area contributed by atoms with Gasteiger partial charge in [0.25, 0.3) is 0 Å². The number of thioether (sulfide) groups is 1. The van der Waals surface area contributed by atoms with Gasteiger partial charge in [0.15, 0.2) is 0 Å². The van der Waals surface area contributed by atoms with Crippen molar-refractivity contribution in [2.24, 2.45) is 0 Å².